The molecule has 1 atom stereocenters. The molecule has 0 saturated heterocycles. The molecule has 1 aromatic heterocycles. The van der Waals surface area contributed by atoms with Crippen LogP contribution >= 0.6 is 11.6 Å². The van der Waals surface area contributed by atoms with E-state index in [0.29, 0.717) is 17.3 Å². The molecular weight excluding hydrogens is 257 g/mol. The van der Waals surface area contributed by atoms with Gasteiger partial charge in [0.1, 0.15) is 5.82 Å². The third kappa shape index (κ3) is 2.52. The van der Waals surface area contributed by atoms with Crippen LogP contribution in [0.2, 0.25) is 5.02 Å². The van der Waals surface area contributed by atoms with Crippen molar-refractivity contribution < 1.29 is 8.91 Å². The Labute approximate surface area is 109 Å². The Morgan fingerprint density at radius 2 is 2.11 bits per heavy atom. The lowest BCUT2D eigenvalue weighted by molar-refractivity contribution is 0.359. The van der Waals surface area contributed by atoms with E-state index in [-0.39, 0.29) is 10.9 Å². The van der Waals surface area contributed by atoms with Gasteiger partial charge in [-0.15, -0.1) is 0 Å². The Hall–Kier alpha value is -1.46. The highest BCUT2D eigenvalue weighted by Gasteiger charge is 2.19. The summed E-state index contributed by atoms with van der Waals surface area (Å²) in [4.78, 5) is 4.19. The summed E-state index contributed by atoms with van der Waals surface area (Å²) in [5.74, 6) is 0.569. The Kier molecular flexibility index (Phi) is 3.63. The van der Waals surface area contributed by atoms with Crippen LogP contribution in [0.15, 0.2) is 22.7 Å². The van der Waals surface area contributed by atoms with E-state index in [1.807, 2.05) is 13.8 Å². The zero-order chi connectivity index (χ0) is 13.3. The predicted octanol–water partition coefficient (Wildman–Crippen LogP) is 3.03. The van der Waals surface area contributed by atoms with Gasteiger partial charge < -0.3 is 10.3 Å². The van der Waals surface area contributed by atoms with Gasteiger partial charge in [0.25, 0.3) is 0 Å². The van der Waals surface area contributed by atoms with Gasteiger partial charge in [0, 0.05) is 10.9 Å². The molecule has 1 heterocycles. The molecule has 2 N–H and O–H groups in total. The number of hydrogen-bond donors (Lipinski definition) is 1. The fourth-order valence-electron chi connectivity index (χ4n) is 1.50. The quantitative estimate of drug-likeness (QED) is 0.930. The summed E-state index contributed by atoms with van der Waals surface area (Å²) in [6, 6.07) is 3.40. The number of nitrogens with zero attached hydrogens (tertiary/aromatic N) is 2. The predicted molar refractivity (Wildman–Crippen MR) is 65.8 cm³/mol. The van der Waals surface area contributed by atoms with Crippen LogP contribution in [-0.4, -0.2) is 10.1 Å². The molecule has 1 unspecified atom stereocenters. The standard InChI is InChI=1S/C12H13ClFN3O/c1-6(2)12-16-11(17-18-12)10(15)8-4-3-7(14)5-9(8)13/h3-6,10H,15H2,1-2H3. The van der Waals surface area contributed by atoms with Crippen molar-refractivity contribution in [3.8, 4) is 0 Å². The van der Waals surface area contributed by atoms with Gasteiger partial charge >= 0.3 is 0 Å². The van der Waals surface area contributed by atoms with Crippen molar-refractivity contribution >= 4 is 11.6 Å². The van der Waals surface area contributed by atoms with Gasteiger partial charge in [-0.05, 0) is 17.7 Å². The number of halogens is 2. The maximum atomic E-state index is 12.9. The highest BCUT2D eigenvalue weighted by molar-refractivity contribution is 6.31. The second-order valence-electron chi connectivity index (χ2n) is 4.29. The first-order valence-electron chi connectivity index (χ1n) is 5.53. The minimum Gasteiger partial charge on any atom is -0.339 e. The molecule has 0 fully saturated rings. The summed E-state index contributed by atoms with van der Waals surface area (Å²) < 4.78 is 18.0. The van der Waals surface area contributed by atoms with Crippen LogP contribution in [-0.2, 0) is 0 Å². The fraction of sp³-hybridized carbons (Fsp3) is 0.333. The molecule has 0 bridgehead atoms. The SMILES string of the molecule is CC(C)c1nc(C(N)c2ccc(F)cc2Cl)no1. The lowest BCUT2D eigenvalue weighted by Gasteiger charge is -2.09. The van der Waals surface area contributed by atoms with Gasteiger partial charge in [-0.1, -0.05) is 36.7 Å². The number of nitrogens with two attached hydrogens (primary N) is 1. The molecule has 2 aromatic rings. The van der Waals surface area contributed by atoms with Crippen LogP contribution in [0.5, 0.6) is 0 Å². The second kappa shape index (κ2) is 5.04. The molecule has 96 valence electrons. The first-order chi connectivity index (χ1) is 8.49. The van der Waals surface area contributed by atoms with Crippen molar-refractivity contribution in [2.45, 2.75) is 25.8 Å². The summed E-state index contributed by atoms with van der Waals surface area (Å²) >= 11 is 5.94. The minimum absolute atomic E-state index is 0.127. The molecule has 4 nitrogen and oxygen atoms in total. The van der Waals surface area contributed by atoms with E-state index in [2.05, 4.69) is 10.1 Å². The first-order valence-corrected chi connectivity index (χ1v) is 5.91. The average Bonchev–Trinajstić information content (AvgIpc) is 2.77. The topological polar surface area (TPSA) is 64.9 Å². The summed E-state index contributed by atoms with van der Waals surface area (Å²) in [7, 11) is 0. The van der Waals surface area contributed by atoms with E-state index >= 15 is 0 Å². The zero-order valence-corrected chi connectivity index (χ0v) is 10.8. The smallest absolute Gasteiger partial charge is 0.229 e. The van der Waals surface area contributed by atoms with Crippen molar-refractivity contribution in [3.05, 3.63) is 46.3 Å². The molecule has 18 heavy (non-hydrogen) atoms. The lowest BCUT2D eigenvalue weighted by atomic mass is 10.1. The largest absolute Gasteiger partial charge is 0.339 e. The molecule has 0 radical (unpaired) electrons. The van der Waals surface area contributed by atoms with Crippen molar-refractivity contribution in [1.29, 1.82) is 0 Å². The van der Waals surface area contributed by atoms with Crippen LogP contribution in [0.1, 0.15) is 43.1 Å². The van der Waals surface area contributed by atoms with E-state index in [1.165, 1.54) is 18.2 Å². The monoisotopic (exact) mass is 269 g/mol. The van der Waals surface area contributed by atoms with Crippen molar-refractivity contribution in [1.82, 2.24) is 10.1 Å². The van der Waals surface area contributed by atoms with E-state index in [0.717, 1.165) is 0 Å². The first kappa shape index (κ1) is 13.0. The maximum Gasteiger partial charge on any atom is 0.229 e. The Morgan fingerprint density at radius 3 is 2.67 bits per heavy atom. The van der Waals surface area contributed by atoms with Gasteiger partial charge in [-0.25, -0.2) is 4.39 Å². The molecule has 0 aliphatic carbocycles. The molecule has 0 amide bonds. The number of aromatic nitrogens is 2. The number of benzene rings is 1. The highest BCUT2D eigenvalue weighted by Crippen LogP contribution is 2.26. The van der Waals surface area contributed by atoms with Gasteiger partial charge in [-0.2, -0.15) is 4.98 Å². The molecule has 1 aromatic carbocycles. The van der Waals surface area contributed by atoms with Crippen LogP contribution < -0.4 is 5.73 Å². The molecular formula is C12H13ClFN3O. The van der Waals surface area contributed by atoms with E-state index in [9.17, 15) is 4.39 Å². The highest BCUT2D eigenvalue weighted by atomic mass is 35.5. The van der Waals surface area contributed by atoms with E-state index in [4.69, 9.17) is 21.9 Å². The summed E-state index contributed by atoms with van der Waals surface area (Å²) in [6.45, 7) is 3.88. The van der Waals surface area contributed by atoms with Gasteiger partial charge in [-0.3, -0.25) is 0 Å². The van der Waals surface area contributed by atoms with Crippen LogP contribution in [0, 0.1) is 5.82 Å². The Morgan fingerprint density at radius 1 is 1.39 bits per heavy atom. The number of hydrogen-bond acceptors (Lipinski definition) is 4. The van der Waals surface area contributed by atoms with Crippen molar-refractivity contribution in [3.63, 3.8) is 0 Å². The van der Waals surface area contributed by atoms with Crippen molar-refractivity contribution in [2.24, 2.45) is 5.73 Å². The van der Waals surface area contributed by atoms with E-state index in [1.54, 1.807) is 0 Å². The third-order valence-corrected chi connectivity index (χ3v) is 2.85. The zero-order valence-electron chi connectivity index (χ0n) is 10.0. The third-order valence-electron chi connectivity index (χ3n) is 2.53. The minimum atomic E-state index is -0.630. The molecule has 2 rings (SSSR count). The summed E-state index contributed by atoms with van der Waals surface area (Å²) in [5.41, 5.74) is 6.55. The van der Waals surface area contributed by atoms with Gasteiger partial charge in [0.05, 0.1) is 6.04 Å². The second-order valence-corrected chi connectivity index (χ2v) is 4.70. The Bertz CT molecular complexity index is 556. The summed E-state index contributed by atoms with van der Waals surface area (Å²) in [5, 5.41) is 4.06. The normalized spacial score (nSPS) is 13.0. The van der Waals surface area contributed by atoms with Crippen LogP contribution in [0.4, 0.5) is 4.39 Å². The average molecular weight is 270 g/mol. The van der Waals surface area contributed by atoms with Crippen LogP contribution in [0.3, 0.4) is 0 Å². The fourth-order valence-corrected chi connectivity index (χ4v) is 1.79. The molecule has 0 aliphatic heterocycles. The molecule has 0 aliphatic rings. The molecule has 6 heteroatoms. The van der Waals surface area contributed by atoms with Gasteiger partial charge in [0.15, 0.2) is 5.82 Å². The van der Waals surface area contributed by atoms with E-state index < -0.39 is 11.9 Å². The number of rotatable bonds is 3. The molecule has 0 spiro atoms. The Balaban J connectivity index is 2.32. The lowest BCUT2D eigenvalue weighted by Crippen LogP contribution is -2.14. The summed E-state index contributed by atoms with van der Waals surface area (Å²) in [6.07, 6.45) is 0. The van der Waals surface area contributed by atoms with Gasteiger partial charge in [0.2, 0.25) is 5.89 Å². The maximum absolute atomic E-state index is 12.9. The van der Waals surface area contributed by atoms with Crippen molar-refractivity contribution in [2.75, 3.05) is 0 Å². The van der Waals surface area contributed by atoms with Crippen LogP contribution in [0.25, 0.3) is 0 Å². The molecule has 0 saturated carbocycles.